The summed E-state index contributed by atoms with van der Waals surface area (Å²) in [6, 6.07) is 9.38. The molecule has 0 spiro atoms. The lowest BCUT2D eigenvalue weighted by Gasteiger charge is -2.31. The minimum absolute atomic E-state index is 0.0645. The van der Waals surface area contributed by atoms with Crippen LogP contribution in [-0.2, 0) is 16.0 Å². The molecule has 11 nitrogen and oxygen atoms in total. The van der Waals surface area contributed by atoms with Gasteiger partial charge in [-0.15, -0.1) is 0 Å². The van der Waals surface area contributed by atoms with E-state index in [9.17, 15) is 28.0 Å². The number of ether oxygens (including phenoxy) is 1. The molecular weight excluding hydrogens is 552 g/mol. The Hall–Kier alpha value is -5.33. The van der Waals surface area contributed by atoms with Gasteiger partial charge in [0.15, 0.2) is 11.6 Å². The number of piperidine rings is 1. The third kappa shape index (κ3) is 8.58. The van der Waals surface area contributed by atoms with Crippen molar-refractivity contribution in [3.05, 3.63) is 89.8 Å². The number of halogens is 2. The molecular formula is C29H27F2N5O6. The van der Waals surface area contributed by atoms with E-state index in [1.807, 2.05) is 0 Å². The number of pyridine rings is 1. The summed E-state index contributed by atoms with van der Waals surface area (Å²) in [5, 5.41) is 15.7. The number of hydrogen-bond donors (Lipinski definition) is 4. The van der Waals surface area contributed by atoms with Crippen LogP contribution < -0.4 is 20.7 Å². The van der Waals surface area contributed by atoms with Crippen LogP contribution in [0.4, 0.5) is 24.1 Å². The summed E-state index contributed by atoms with van der Waals surface area (Å²) in [6.45, 7) is 0.799. The molecule has 5 amide bonds. The molecule has 42 heavy (non-hydrogen) atoms. The number of carbonyl (C=O) groups is 4. The Kier molecular flexibility index (Phi) is 9.77. The van der Waals surface area contributed by atoms with Gasteiger partial charge in [-0.2, -0.15) is 0 Å². The molecule has 1 aliphatic heterocycles. The Labute approximate surface area is 239 Å². The summed E-state index contributed by atoms with van der Waals surface area (Å²) >= 11 is 0. The fourth-order valence-corrected chi connectivity index (χ4v) is 4.20. The molecule has 0 aliphatic carbocycles. The lowest BCUT2D eigenvalue weighted by molar-refractivity contribution is -0.127. The average Bonchev–Trinajstić information content (AvgIpc) is 2.95. The molecule has 0 radical (unpaired) electrons. The molecule has 3 aromatic rings. The van der Waals surface area contributed by atoms with Crippen molar-refractivity contribution in [1.29, 1.82) is 0 Å². The smallest absolute Gasteiger partial charge is 0.404 e. The SMILES string of the molecule is O=C(O)NC1CCN(C(=O)/C=C/c2cnccc2Oc2ccc(NC(=O)NC(=O)Cc3ccc(F)cc3)cc2F)CC1. The van der Waals surface area contributed by atoms with E-state index in [-0.39, 0.29) is 35.6 Å². The molecule has 13 heteroatoms. The zero-order valence-corrected chi connectivity index (χ0v) is 22.2. The van der Waals surface area contributed by atoms with Crippen molar-refractivity contribution in [1.82, 2.24) is 20.5 Å². The van der Waals surface area contributed by atoms with Gasteiger partial charge >= 0.3 is 12.1 Å². The molecule has 4 rings (SSSR count). The lowest BCUT2D eigenvalue weighted by atomic mass is 10.1. The number of carbonyl (C=O) groups excluding carboxylic acids is 3. The van der Waals surface area contributed by atoms with Crippen molar-refractivity contribution in [2.45, 2.75) is 25.3 Å². The minimum Gasteiger partial charge on any atom is -0.465 e. The van der Waals surface area contributed by atoms with Crippen molar-refractivity contribution in [3.63, 3.8) is 0 Å². The van der Waals surface area contributed by atoms with E-state index in [4.69, 9.17) is 9.84 Å². The van der Waals surface area contributed by atoms with Gasteiger partial charge in [0.05, 0.1) is 6.42 Å². The normalized spacial score (nSPS) is 13.4. The quantitative estimate of drug-likeness (QED) is 0.291. The Morgan fingerprint density at radius 1 is 1.02 bits per heavy atom. The van der Waals surface area contributed by atoms with Crippen LogP contribution >= 0.6 is 0 Å². The molecule has 1 aromatic heterocycles. The molecule has 218 valence electrons. The number of likely N-dealkylation sites (tertiary alicyclic amines) is 1. The van der Waals surface area contributed by atoms with Gasteiger partial charge in [0, 0.05) is 54.9 Å². The first-order valence-electron chi connectivity index (χ1n) is 12.9. The maximum atomic E-state index is 14.8. The van der Waals surface area contributed by atoms with Crippen LogP contribution in [0.25, 0.3) is 6.08 Å². The maximum Gasteiger partial charge on any atom is 0.404 e. The number of aromatic nitrogens is 1. The van der Waals surface area contributed by atoms with E-state index in [2.05, 4.69) is 20.9 Å². The predicted molar refractivity (Wildman–Crippen MR) is 148 cm³/mol. The van der Waals surface area contributed by atoms with Crippen LogP contribution in [-0.4, -0.2) is 58.1 Å². The van der Waals surface area contributed by atoms with Crippen molar-refractivity contribution >= 4 is 35.7 Å². The second-order valence-electron chi connectivity index (χ2n) is 9.35. The number of nitrogens with one attached hydrogen (secondary N) is 3. The van der Waals surface area contributed by atoms with Crippen molar-refractivity contribution in [2.75, 3.05) is 18.4 Å². The Balaban J connectivity index is 1.32. The van der Waals surface area contributed by atoms with Gasteiger partial charge in [0.2, 0.25) is 11.8 Å². The zero-order valence-electron chi connectivity index (χ0n) is 22.2. The number of hydrogen-bond acceptors (Lipinski definition) is 6. The Morgan fingerprint density at radius 3 is 2.45 bits per heavy atom. The first-order valence-corrected chi connectivity index (χ1v) is 12.9. The first kappa shape index (κ1) is 29.6. The van der Waals surface area contributed by atoms with Gasteiger partial charge in [0.25, 0.3) is 0 Å². The van der Waals surface area contributed by atoms with Gasteiger partial charge in [-0.05, 0) is 54.8 Å². The highest BCUT2D eigenvalue weighted by Crippen LogP contribution is 2.29. The number of rotatable bonds is 8. The summed E-state index contributed by atoms with van der Waals surface area (Å²) in [4.78, 5) is 53.3. The van der Waals surface area contributed by atoms with E-state index < -0.39 is 29.7 Å². The Bertz CT molecular complexity index is 1490. The second-order valence-corrected chi connectivity index (χ2v) is 9.35. The zero-order chi connectivity index (χ0) is 30.1. The monoisotopic (exact) mass is 579 g/mol. The summed E-state index contributed by atoms with van der Waals surface area (Å²) in [6.07, 6.45) is 5.49. The number of amides is 5. The number of urea groups is 1. The molecule has 0 atom stereocenters. The topological polar surface area (TPSA) is 150 Å². The summed E-state index contributed by atoms with van der Waals surface area (Å²) in [7, 11) is 0. The van der Waals surface area contributed by atoms with Gasteiger partial charge in [-0.25, -0.2) is 18.4 Å². The fourth-order valence-electron chi connectivity index (χ4n) is 4.20. The second kappa shape index (κ2) is 13.8. The van der Waals surface area contributed by atoms with Crippen LogP contribution in [0.1, 0.15) is 24.0 Å². The summed E-state index contributed by atoms with van der Waals surface area (Å²) < 4.78 is 33.5. The molecule has 4 N–H and O–H groups in total. The van der Waals surface area contributed by atoms with Gasteiger partial charge < -0.3 is 25.4 Å². The van der Waals surface area contributed by atoms with E-state index in [0.29, 0.717) is 37.1 Å². The highest BCUT2D eigenvalue weighted by Gasteiger charge is 2.22. The van der Waals surface area contributed by atoms with E-state index in [1.54, 1.807) is 4.90 Å². The number of carboxylic acid groups (broad SMARTS) is 1. The van der Waals surface area contributed by atoms with Gasteiger partial charge in [-0.3, -0.25) is 19.9 Å². The van der Waals surface area contributed by atoms with Crippen molar-refractivity contribution in [3.8, 4) is 11.5 Å². The van der Waals surface area contributed by atoms with E-state index in [1.165, 1.54) is 67.0 Å². The molecule has 1 fully saturated rings. The van der Waals surface area contributed by atoms with E-state index >= 15 is 0 Å². The average molecular weight is 580 g/mol. The first-order chi connectivity index (χ1) is 20.2. The molecule has 0 unspecified atom stereocenters. The van der Waals surface area contributed by atoms with E-state index in [0.717, 1.165) is 6.07 Å². The van der Waals surface area contributed by atoms with Gasteiger partial charge in [-0.1, -0.05) is 12.1 Å². The maximum absolute atomic E-state index is 14.8. The molecule has 1 saturated heterocycles. The molecule has 2 heterocycles. The van der Waals surface area contributed by atoms with Crippen LogP contribution in [0.3, 0.4) is 0 Å². The van der Waals surface area contributed by atoms with Crippen LogP contribution in [0.5, 0.6) is 11.5 Å². The number of imide groups is 1. The molecule has 0 saturated carbocycles. The Morgan fingerprint density at radius 2 is 1.76 bits per heavy atom. The predicted octanol–water partition coefficient (Wildman–Crippen LogP) is 4.31. The van der Waals surface area contributed by atoms with Crippen LogP contribution in [0.2, 0.25) is 0 Å². The minimum atomic E-state index is -1.09. The van der Waals surface area contributed by atoms with Crippen LogP contribution in [0.15, 0.2) is 67.0 Å². The summed E-state index contributed by atoms with van der Waals surface area (Å²) in [5.74, 6) is -2.08. The third-order valence-corrected chi connectivity index (χ3v) is 6.29. The fraction of sp³-hybridized carbons (Fsp3) is 0.207. The third-order valence-electron chi connectivity index (χ3n) is 6.29. The van der Waals surface area contributed by atoms with Crippen molar-refractivity contribution < 1.29 is 37.8 Å². The largest absolute Gasteiger partial charge is 0.465 e. The van der Waals surface area contributed by atoms with Crippen molar-refractivity contribution in [2.24, 2.45) is 0 Å². The highest BCUT2D eigenvalue weighted by molar-refractivity contribution is 6.01. The molecule has 0 bridgehead atoms. The number of nitrogens with zero attached hydrogens (tertiary/aromatic N) is 2. The number of benzene rings is 2. The highest BCUT2D eigenvalue weighted by atomic mass is 19.1. The molecule has 1 aliphatic rings. The standard InChI is InChI=1S/C29H27F2N5O6/c30-20-4-1-18(2-5-20)15-26(37)35-28(39)33-22-6-7-25(23(31)16-22)42-24-9-12-32-17-19(24)3-8-27(38)36-13-10-21(11-14-36)34-29(40)41/h1-9,12,16-17,21,34H,10-11,13-15H2,(H,40,41)(H2,33,35,37,39)/b8-3+. The van der Waals surface area contributed by atoms with Crippen LogP contribution in [0, 0.1) is 11.6 Å². The molecule has 2 aromatic carbocycles. The number of anilines is 1. The lowest BCUT2D eigenvalue weighted by Crippen LogP contribution is -2.45. The van der Waals surface area contributed by atoms with Gasteiger partial charge in [0.1, 0.15) is 11.6 Å². The summed E-state index contributed by atoms with van der Waals surface area (Å²) in [5.41, 5.74) is 0.989.